The zero-order valence-corrected chi connectivity index (χ0v) is 13.1. The third-order valence-electron chi connectivity index (χ3n) is 5.25. The molecule has 3 unspecified atom stereocenters. The number of hydrogen-bond acceptors (Lipinski definition) is 5. The summed E-state index contributed by atoms with van der Waals surface area (Å²) in [6, 6.07) is 0. The minimum absolute atomic E-state index is 0.153. The Morgan fingerprint density at radius 2 is 1.95 bits per heavy atom. The van der Waals surface area contributed by atoms with Gasteiger partial charge in [0.2, 0.25) is 0 Å². The van der Waals surface area contributed by atoms with Crippen LogP contribution in [0.25, 0.3) is 0 Å². The monoisotopic (exact) mass is 313 g/mol. The van der Waals surface area contributed by atoms with Gasteiger partial charge in [0.05, 0.1) is 18.0 Å². The molecule has 4 rings (SSSR count). The normalized spacial score (nSPS) is 41.8. The van der Waals surface area contributed by atoms with Gasteiger partial charge in [-0.25, -0.2) is 9.00 Å². The summed E-state index contributed by atoms with van der Waals surface area (Å²) in [5.74, 6) is 0.682. The molecule has 0 N–H and O–H groups in total. The van der Waals surface area contributed by atoms with Crippen LogP contribution < -0.4 is 0 Å². The number of ether oxygens (including phenoxy) is 1. The van der Waals surface area contributed by atoms with Gasteiger partial charge in [-0.05, 0) is 62.7 Å². The van der Waals surface area contributed by atoms with E-state index in [1.807, 2.05) is 0 Å². The van der Waals surface area contributed by atoms with Crippen molar-refractivity contribution in [2.24, 2.45) is 17.3 Å². The van der Waals surface area contributed by atoms with E-state index in [0.717, 1.165) is 32.1 Å². The minimum Gasteiger partial charge on any atom is -0.750 e. The van der Waals surface area contributed by atoms with Crippen molar-refractivity contribution in [2.75, 3.05) is 6.61 Å². The number of hydrogen-bond donors (Lipinski definition) is 0. The zero-order valence-electron chi connectivity index (χ0n) is 12.3. The molecule has 0 aromatic heterocycles. The van der Waals surface area contributed by atoms with Crippen molar-refractivity contribution in [3.05, 3.63) is 12.2 Å². The topological polar surface area (TPSA) is 75.7 Å². The van der Waals surface area contributed by atoms with E-state index < -0.39 is 17.0 Å². The van der Waals surface area contributed by atoms with Crippen molar-refractivity contribution in [3.63, 3.8) is 0 Å². The number of esters is 1. The largest absolute Gasteiger partial charge is 0.750 e. The fourth-order valence-electron chi connectivity index (χ4n) is 5.11. The van der Waals surface area contributed by atoms with Crippen LogP contribution in [0.1, 0.15) is 45.4 Å². The van der Waals surface area contributed by atoms with Crippen LogP contribution in [0.15, 0.2) is 12.2 Å². The van der Waals surface area contributed by atoms with E-state index >= 15 is 0 Å². The second kappa shape index (κ2) is 5.18. The Morgan fingerprint density at radius 1 is 1.33 bits per heavy atom. The van der Waals surface area contributed by atoms with E-state index in [4.69, 9.17) is 8.92 Å². The minimum atomic E-state index is -2.48. The molecule has 0 heterocycles. The van der Waals surface area contributed by atoms with E-state index in [1.165, 1.54) is 0 Å². The van der Waals surface area contributed by atoms with Crippen LogP contribution in [-0.4, -0.2) is 26.9 Å². The standard InChI is InChI=1S/C15H22O5S/c1-10(2)13(16)20-15-6-11-3-12(7-15)5-14(4-11,8-15)9-19-21(17)18/h11-12H,1,3-9H2,2H3,(H,17,18)/p-1. The van der Waals surface area contributed by atoms with Crippen molar-refractivity contribution in [1.82, 2.24) is 0 Å². The molecule has 0 radical (unpaired) electrons. The maximum absolute atomic E-state index is 11.9. The first-order chi connectivity index (χ1) is 9.81. The van der Waals surface area contributed by atoms with Gasteiger partial charge in [-0.3, -0.25) is 0 Å². The first kappa shape index (κ1) is 15.2. The Labute approximate surface area is 127 Å². The molecule has 0 saturated heterocycles. The molecule has 6 heteroatoms. The van der Waals surface area contributed by atoms with Gasteiger partial charge in [0.1, 0.15) is 5.60 Å². The Hall–Kier alpha value is -0.720. The van der Waals surface area contributed by atoms with Crippen LogP contribution in [0.2, 0.25) is 0 Å². The van der Waals surface area contributed by atoms with Crippen molar-refractivity contribution < 1.29 is 22.5 Å². The summed E-state index contributed by atoms with van der Waals surface area (Å²) in [5.41, 5.74) is -0.176. The number of carbonyl (C=O) groups is 1. The molecule has 4 saturated carbocycles. The molecule has 21 heavy (non-hydrogen) atoms. The van der Waals surface area contributed by atoms with E-state index in [0.29, 0.717) is 23.8 Å². The van der Waals surface area contributed by atoms with Gasteiger partial charge < -0.3 is 13.5 Å². The third kappa shape index (κ3) is 2.94. The van der Waals surface area contributed by atoms with Gasteiger partial charge in [-0.2, -0.15) is 0 Å². The fourth-order valence-corrected chi connectivity index (χ4v) is 5.46. The van der Waals surface area contributed by atoms with Gasteiger partial charge in [-0.1, -0.05) is 6.58 Å². The molecule has 0 spiro atoms. The number of carbonyl (C=O) groups excluding carboxylic acids is 1. The third-order valence-corrected chi connectivity index (χ3v) is 5.56. The first-order valence-corrected chi connectivity index (χ1v) is 8.43. The van der Waals surface area contributed by atoms with E-state index in [1.54, 1.807) is 6.92 Å². The summed E-state index contributed by atoms with van der Waals surface area (Å²) in [5, 5.41) is 0. The van der Waals surface area contributed by atoms with E-state index in [9.17, 15) is 13.6 Å². The lowest BCUT2D eigenvalue weighted by atomic mass is 9.48. The molecular weight excluding hydrogens is 292 g/mol. The summed E-state index contributed by atoms with van der Waals surface area (Å²) in [7, 11) is 0. The SMILES string of the molecule is C=C(C)C(=O)OC12CC3CC(CC(COS(=O)[O-])(C3)C1)C2. The molecule has 5 nitrogen and oxygen atoms in total. The highest BCUT2D eigenvalue weighted by molar-refractivity contribution is 7.74. The average molecular weight is 313 g/mol. The van der Waals surface area contributed by atoms with Crippen molar-refractivity contribution >= 4 is 17.3 Å². The maximum Gasteiger partial charge on any atom is 0.333 e. The number of rotatable bonds is 5. The Morgan fingerprint density at radius 3 is 2.48 bits per heavy atom. The van der Waals surface area contributed by atoms with Gasteiger partial charge in [0.15, 0.2) is 0 Å². The summed E-state index contributed by atoms with van der Waals surface area (Å²) < 4.78 is 32.1. The molecule has 4 aliphatic carbocycles. The van der Waals surface area contributed by atoms with Crippen LogP contribution in [-0.2, 0) is 25.1 Å². The predicted octanol–water partition coefficient (Wildman–Crippen LogP) is 2.26. The molecular formula is C15H21O5S-. The molecule has 4 fully saturated rings. The Bertz CT molecular complexity index is 486. The van der Waals surface area contributed by atoms with Crippen LogP contribution in [0.3, 0.4) is 0 Å². The molecule has 3 atom stereocenters. The lowest BCUT2D eigenvalue weighted by Gasteiger charge is -2.61. The summed E-state index contributed by atoms with van der Waals surface area (Å²) in [6.07, 6.45) is 5.62. The molecule has 0 aromatic rings. The van der Waals surface area contributed by atoms with E-state index in [-0.39, 0.29) is 18.0 Å². The van der Waals surface area contributed by atoms with E-state index in [2.05, 4.69) is 6.58 Å². The van der Waals surface area contributed by atoms with Gasteiger partial charge in [0.25, 0.3) is 0 Å². The van der Waals surface area contributed by atoms with Crippen LogP contribution in [0, 0.1) is 17.3 Å². The highest BCUT2D eigenvalue weighted by Crippen LogP contribution is 2.62. The van der Waals surface area contributed by atoms with Gasteiger partial charge in [-0.15, -0.1) is 0 Å². The van der Waals surface area contributed by atoms with Crippen molar-refractivity contribution in [2.45, 2.75) is 51.0 Å². The zero-order chi connectivity index (χ0) is 15.3. The van der Waals surface area contributed by atoms with Crippen LogP contribution in [0.4, 0.5) is 0 Å². The van der Waals surface area contributed by atoms with Gasteiger partial charge in [0, 0.05) is 5.57 Å². The Kier molecular flexibility index (Phi) is 3.74. The summed E-state index contributed by atoms with van der Waals surface area (Å²) >= 11 is -2.48. The molecule has 0 amide bonds. The lowest BCUT2D eigenvalue weighted by molar-refractivity contribution is -0.202. The first-order valence-electron chi connectivity index (χ1n) is 7.43. The lowest BCUT2D eigenvalue weighted by Crippen LogP contribution is -2.58. The van der Waals surface area contributed by atoms with Crippen LogP contribution in [0.5, 0.6) is 0 Å². The quantitative estimate of drug-likeness (QED) is 0.442. The maximum atomic E-state index is 11.9. The average Bonchev–Trinajstić information content (AvgIpc) is 2.34. The second-order valence-electron chi connectivity index (χ2n) is 7.28. The highest BCUT2D eigenvalue weighted by Gasteiger charge is 2.59. The molecule has 4 bridgehead atoms. The van der Waals surface area contributed by atoms with Crippen molar-refractivity contribution in [3.8, 4) is 0 Å². The molecule has 0 aliphatic heterocycles. The summed E-state index contributed by atoms with van der Waals surface area (Å²) in [4.78, 5) is 11.9. The molecule has 4 aliphatic rings. The van der Waals surface area contributed by atoms with Crippen LogP contribution >= 0.6 is 0 Å². The highest BCUT2D eigenvalue weighted by atomic mass is 32.2. The molecule has 0 aromatic carbocycles. The smallest absolute Gasteiger partial charge is 0.333 e. The van der Waals surface area contributed by atoms with Crippen molar-refractivity contribution in [1.29, 1.82) is 0 Å². The Balaban J connectivity index is 1.79. The van der Waals surface area contributed by atoms with Gasteiger partial charge >= 0.3 is 5.97 Å². The predicted molar refractivity (Wildman–Crippen MR) is 75.6 cm³/mol. The second-order valence-corrected chi connectivity index (χ2v) is 7.92. The molecule has 118 valence electrons. The fraction of sp³-hybridized carbons (Fsp3) is 0.800. The summed E-state index contributed by atoms with van der Waals surface area (Å²) in [6.45, 7) is 5.52.